The summed E-state index contributed by atoms with van der Waals surface area (Å²) in [6.07, 6.45) is 4.42. The smallest absolute Gasteiger partial charge is 0.243 e. The first kappa shape index (κ1) is 8.69. The molecule has 4 heteroatoms. The van der Waals surface area contributed by atoms with Gasteiger partial charge in [-0.2, -0.15) is 4.98 Å². The molecule has 72 valence electrons. The fraction of sp³-hybridized carbons (Fsp3) is 0.778. The summed E-state index contributed by atoms with van der Waals surface area (Å²) in [6, 6.07) is -0.0968. The van der Waals surface area contributed by atoms with Crippen molar-refractivity contribution in [1.29, 1.82) is 0 Å². The van der Waals surface area contributed by atoms with Crippen LogP contribution in [0, 0.1) is 5.92 Å². The molecule has 1 aliphatic rings. The van der Waals surface area contributed by atoms with E-state index in [4.69, 9.17) is 10.3 Å². The van der Waals surface area contributed by atoms with Gasteiger partial charge in [-0.3, -0.25) is 0 Å². The highest BCUT2D eigenvalue weighted by atomic mass is 16.5. The second-order valence-corrected chi connectivity index (χ2v) is 3.71. The van der Waals surface area contributed by atoms with Gasteiger partial charge in [-0.1, -0.05) is 12.1 Å². The average molecular weight is 181 g/mol. The fourth-order valence-corrected chi connectivity index (χ4v) is 1.26. The quantitative estimate of drug-likeness (QED) is 0.763. The minimum atomic E-state index is -0.0968. The van der Waals surface area contributed by atoms with Gasteiger partial charge in [-0.05, 0) is 25.2 Å². The normalized spacial score (nSPS) is 18.9. The van der Waals surface area contributed by atoms with Gasteiger partial charge < -0.3 is 10.3 Å². The summed E-state index contributed by atoms with van der Waals surface area (Å²) in [7, 11) is 0. The number of aromatic nitrogens is 2. The van der Waals surface area contributed by atoms with Crippen molar-refractivity contribution < 1.29 is 4.52 Å². The summed E-state index contributed by atoms with van der Waals surface area (Å²) in [5.41, 5.74) is 5.76. The van der Waals surface area contributed by atoms with Crippen molar-refractivity contribution in [1.82, 2.24) is 10.1 Å². The minimum absolute atomic E-state index is 0.0968. The van der Waals surface area contributed by atoms with Crippen molar-refractivity contribution in [2.75, 3.05) is 0 Å². The summed E-state index contributed by atoms with van der Waals surface area (Å²) in [6.45, 7) is 2.01. The Hall–Kier alpha value is -0.900. The van der Waals surface area contributed by atoms with E-state index in [1.54, 1.807) is 0 Å². The van der Waals surface area contributed by atoms with Crippen LogP contribution in [0.4, 0.5) is 0 Å². The predicted octanol–water partition coefficient (Wildman–Crippen LogP) is 1.43. The third kappa shape index (κ3) is 2.06. The molecular formula is C9H15N3O. The van der Waals surface area contributed by atoms with Crippen molar-refractivity contribution in [3.63, 3.8) is 0 Å². The van der Waals surface area contributed by atoms with E-state index in [-0.39, 0.29) is 6.04 Å². The van der Waals surface area contributed by atoms with Crippen LogP contribution in [0.15, 0.2) is 4.52 Å². The Kier molecular flexibility index (Phi) is 2.31. The zero-order chi connectivity index (χ0) is 9.26. The lowest BCUT2D eigenvalue weighted by atomic mass is 10.2. The molecular weight excluding hydrogens is 166 g/mol. The molecule has 1 aromatic rings. The van der Waals surface area contributed by atoms with E-state index in [9.17, 15) is 0 Å². The maximum absolute atomic E-state index is 5.76. The van der Waals surface area contributed by atoms with E-state index in [1.807, 2.05) is 6.92 Å². The first-order valence-corrected chi connectivity index (χ1v) is 4.87. The van der Waals surface area contributed by atoms with Gasteiger partial charge in [-0.25, -0.2) is 0 Å². The third-order valence-electron chi connectivity index (χ3n) is 2.41. The van der Waals surface area contributed by atoms with E-state index in [2.05, 4.69) is 10.1 Å². The molecule has 1 aliphatic carbocycles. The van der Waals surface area contributed by atoms with Crippen LogP contribution in [0.25, 0.3) is 0 Å². The van der Waals surface area contributed by atoms with Crippen LogP contribution in [0.5, 0.6) is 0 Å². The van der Waals surface area contributed by atoms with E-state index in [0.717, 1.165) is 24.6 Å². The van der Waals surface area contributed by atoms with E-state index < -0.39 is 0 Å². The molecule has 0 unspecified atom stereocenters. The van der Waals surface area contributed by atoms with Crippen molar-refractivity contribution in [2.45, 2.75) is 38.6 Å². The van der Waals surface area contributed by atoms with Gasteiger partial charge >= 0.3 is 0 Å². The van der Waals surface area contributed by atoms with Gasteiger partial charge in [0.2, 0.25) is 5.89 Å². The molecule has 1 fully saturated rings. The summed E-state index contributed by atoms with van der Waals surface area (Å²) in [5.74, 6) is 2.20. The standard InChI is InChI=1S/C9H15N3O/c1-2-7(10)9-11-8(12-13-9)5-6-3-4-6/h6-7H,2-5,10H2,1H3/t7-/m1/s1. The number of nitrogens with zero attached hydrogens (tertiary/aromatic N) is 2. The monoisotopic (exact) mass is 181 g/mol. The molecule has 4 nitrogen and oxygen atoms in total. The zero-order valence-corrected chi connectivity index (χ0v) is 7.86. The molecule has 1 heterocycles. The zero-order valence-electron chi connectivity index (χ0n) is 7.86. The Bertz CT molecular complexity index is 280. The van der Waals surface area contributed by atoms with Crippen LogP contribution >= 0.6 is 0 Å². The predicted molar refractivity (Wildman–Crippen MR) is 47.9 cm³/mol. The molecule has 13 heavy (non-hydrogen) atoms. The highest BCUT2D eigenvalue weighted by Gasteiger charge is 2.24. The molecule has 0 amide bonds. The van der Waals surface area contributed by atoms with Crippen LogP contribution in [0.3, 0.4) is 0 Å². The molecule has 0 aliphatic heterocycles. The van der Waals surface area contributed by atoms with Crippen molar-refractivity contribution in [3.8, 4) is 0 Å². The highest BCUT2D eigenvalue weighted by Crippen LogP contribution is 2.31. The van der Waals surface area contributed by atoms with Gasteiger partial charge in [-0.15, -0.1) is 0 Å². The van der Waals surface area contributed by atoms with E-state index in [0.29, 0.717) is 5.89 Å². The minimum Gasteiger partial charge on any atom is -0.338 e. The number of hydrogen-bond donors (Lipinski definition) is 1. The van der Waals surface area contributed by atoms with Gasteiger partial charge in [0.05, 0.1) is 6.04 Å². The molecule has 0 bridgehead atoms. The molecule has 0 spiro atoms. The maximum Gasteiger partial charge on any atom is 0.243 e. The summed E-state index contributed by atoms with van der Waals surface area (Å²) in [5, 5.41) is 3.90. The Morgan fingerprint density at radius 2 is 2.38 bits per heavy atom. The summed E-state index contributed by atoms with van der Waals surface area (Å²) >= 11 is 0. The second kappa shape index (κ2) is 3.46. The van der Waals surface area contributed by atoms with Gasteiger partial charge in [0.1, 0.15) is 0 Å². The molecule has 2 N–H and O–H groups in total. The molecule has 0 radical (unpaired) electrons. The van der Waals surface area contributed by atoms with Gasteiger partial charge in [0.25, 0.3) is 0 Å². The maximum atomic E-state index is 5.76. The molecule has 0 saturated heterocycles. The van der Waals surface area contributed by atoms with Crippen LogP contribution in [0.2, 0.25) is 0 Å². The Labute approximate surface area is 77.5 Å². The lowest BCUT2D eigenvalue weighted by Gasteiger charge is -1.98. The number of hydrogen-bond acceptors (Lipinski definition) is 4. The topological polar surface area (TPSA) is 64.9 Å². The fourth-order valence-electron chi connectivity index (χ4n) is 1.26. The van der Waals surface area contributed by atoms with Crippen LogP contribution in [0.1, 0.15) is 43.9 Å². The second-order valence-electron chi connectivity index (χ2n) is 3.71. The van der Waals surface area contributed by atoms with Crippen LogP contribution < -0.4 is 5.73 Å². The third-order valence-corrected chi connectivity index (χ3v) is 2.41. The number of nitrogens with two attached hydrogens (primary N) is 1. The Morgan fingerprint density at radius 3 is 3.00 bits per heavy atom. The largest absolute Gasteiger partial charge is 0.338 e. The summed E-state index contributed by atoms with van der Waals surface area (Å²) < 4.78 is 5.06. The Balaban J connectivity index is 1.99. The van der Waals surface area contributed by atoms with Crippen molar-refractivity contribution in [3.05, 3.63) is 11.7 Å². The molecule has 1 saturated carbocycles. The van der Waals surface area contributed by atoms with E-state index >= 15 is 0 Å². The Morgan fingerprint density at radius 1 is 1.62 bits per heavy atom. The molecule has 2 rings (SSSR count). The lowest BCUT2D eigenvalue weighted by Crippen LogP contribution is -2.08. The lowest BCUT2D eigenvalue weighted by molar-refractivity contribution is 0.347. The van der Waals surface area contributed by atoms with E-state index in [1.165, 1.54) is 12.8 Å². The van der Waals surface area contributed by atoms with Crippen molar-refractivity contribution in [2.24, 2.45) is 11.7 Å². The molecule has 0 aromatic carbocycles. The molecule has 1 atom stereocenters. The average Bonchev–Trinajstić information content (AvgIpc) is 2.81. The first-order valence-electron chi connectivity index (χ1n) is 4.87. The highest BCUT2D eigenvalue weighted by molar-refractivity contribution is 4.94. The summed E-state index contributed by atoms with van der Waals surface area (Å²) in [4.78, 5) is 4.26. The van der Waals surface area contributed by atoms with Crippen LogP contribution in [-0.2, 0) is 6.42 Å². The van der Waals surface area contributed by atoms with Crippen molar-refractivity contribution >= 4 is 0 Å². The van der Waals surface area contributed by atoms with Gasteiger partial charge in [0.15, 0.2) is 5.82 Å². The SMILES string of the molecule is CC[C@@H](N)c1nc(CC2CC2)no1. The van der Waals surface area contributed by atoms with Gasteiger partial charge in [0, 0.05) is 6.42 Å². The number of rotatable bonds is 4. The van der Waals surface area contributed by atoms with Crippen LogP contribution in [-0.4, -0.2) is 10.1 Å². The molecule has 1 aromatic heterocycles. The first-order chi connectivity index (χ1) is 6.29.